The van der Waals surface area contributed by atoms with E-state index in [1.54, 1.807) is 7.11 Å². The number of nitrogens with one attached hydrogen (secondary N) is 2. The van der Waals surface area contributed by atoms with E-state index in [-0.39, 0.29) is 23.4 Å². The molecule has 0 bridgehead atoms. The zero-order chi connectivity index (χ0) is 22.9. The van der Waals surface area contributed by atoms with Gasteiger partial charge in [0.2, 0.25) is 10.0 Å². The van der Waals surface area contributed by atoms with Gasteiger partial charge in [-0.05, 0) is 55.1 Å². The smallest absolute Gasteiger partial charge is 0.251 e. The monoisotopic (exact) mass is 445 g/mol. The molecule has 0 heterocycles. The number of amides is 1. The van der Waals surface area contributed by atoms with Gasteiger partial charge >= 0.3 is 0 Å². The lowest BCUT2D eigenvalue weighted by Gasteiger charge is -2.30. The highest BCUT2D eigenvalue weighted by Crippen LogP contribution is 2.24. The summed E-state index contributed by atoms with van der Waals surface area (Å²) in [7, 11) is -1.99. The first-order valence-corrected chi connectivity index (χ1v) is 11.7. The molecule has 8 heteroatoms. The molecule has 0 fully saturated rings. The van der Waals surface area contributed by atoms with Crippen LogP contribution in [-0.2, 0) is 10.0 Å². The van der Waals surface area contributed by atoms with E-state index in [2.05, 4.69) is 35.4 Å². The zero-order valence-corrected chi connectivity index (χ0v) is 19.1. The standard InChI is InChI=1S/C23H31N3O4S/c1-5-15-25-31(28,29)21-13-11-18(12-14-21)23(27)24-17-22(26(6-2)7-3)19-9-8-10-20(16-19)30-4/h5,8-14,16,22,25H,1,6-7,15,17H2,2-4H3,(H,24,27). The normalized spacial score (nSPS) is 12.4. The van der Waals surface area contributed by atoms with E-state index >= 15 is 0 Å². The second-order valence-corrected chi connectivity index (χ2v) is 8.66. The maximum absolute atomic E-state index is 12.7. The van der Waals surface area contributed by atoms with Crippen LogP contribution in [0.5, 0.6) is 5.75 Å². The second kappa shape index (κ2) is 11.6. The molecule has 0 radical (unpaired) electrons. The molecule has 1 amide bonds. The first kappa shape index (κ1) is 24.6. The van der Waals surface area contributed by atoms with Crippen molar-refractivity contribution in [2.24, 2.45) is 0 Å². The molecule has 0 saturated carbocycles. The maximum Gasteiger partial charge on any atom is 0.251 e. The van der Waals surface area contributed by atoms with Crippen molar-refractivity contribution < 1.29 is 17.9 Å². The topological polar surface area (TPSA) is 87.7 Å². The Labute approximate surface area is 185 Å². The summed E-state index contributed by atoms with van der Waals surface area (Å²) in [4.78, 5) is 15.1. The largest absolute Gasteiger partial charge is 0.497 e. The molecule has 2 aromatic carbocycles. The highest BCUT2D eigenvalue weighted by atomic mass is 32.2. The average Bonchev–Trinajstić information content (AvgIpc) is 2.80. The lowest BCUT2D eigenvalue weighted by Crippen LogP contribution is -2.38. The number of nitrogens with zero attached hydrogens (tertiary/aromatic N) is 1. The van der Waals surface area contributed by atoms with Gasteiger partial charge in [0, 0.05) is 18.7 Å². The van der Waals surface area contributed by atoms with E-state index in [1.165, 1.54) is 30.3 Å². The van der Waals surface area contributed by atoms with Gasteiger partial charge in [0.05, 0.1) is 18.0 Å². The lowest BCUT2D eigenvalue weighted by molar-refractivity contribution is 0.0935. The van der Waals surface area contributed by atoms with Crippen LogP contribution in [0.25, 0.3) is 0 Å². The van der Waals surface area contributed by atoms with Crippen LogP contribution in [0.4, 0.5) is 0 Å². The van der Waals surface area contributed by atoms with Crippen LogP contribution in [0.2, 0.25) is 0 Å². The Morgan fingerprint density at radius 2 is 1.84 bits per heavy atom. The number of likely N-dealkylation sites (N-methyl/N-ethyl adjacent to an activating group) is 1. The first-order chi connectivity index (χ1) is 14.9. The van der Waals surface area contributed by atoms with E-state index in [9.17, 15) is 13.2 Å². The minimum Gasteiger partial charge on any atom is -0.497 e. The number of sulfonamides is 1. The molecule has 168 valence electrons. The predicted molar refractivity (Wildman–Crippen MR) is 123 cm³/mol. The molecule has 2 N–H and O–H groups in total. The Morgan fingerprint density at radius 1 is 1.16 bits per heavy atom. The third-order valence-corrected chi connectivity index (χ3v) is 6.47. The highest BCUT2D eigenvalue weighted by Gasteiger charge is 2.20. The molecule has 0 saturated heterocycles. The van der Waals surface area contributed by atoms with Gasteiger partial charge in [0.15, 0.2) is 0 Å². The van der Waals surface area contributed by atoms with Crippen molar-refractivity contribution in [1.82, 2.24) is 14.9 Å². The molecule has 0 spiro atoms. The summed E-state index contributed by atoms with van der Waals surface area (Å²) in [6.07, 6.45) is 1.47. The van der Waals surface area contributed by atoms with Crippen LogP contribution >= 0.6 is 0 Å². The summed E-state index contributed by atoms with van der Waals surface area (Å²) in [6.45, 7) is 9.87. The maximum atomic E-state index is 12.7. The fraction of sp³-hybridized carbons (Fsp3) is 0.348. The van der Waals surface area contributed by atoms with Gasteiger partial charge in [0.1, 0.15) is 5.75 Å². The Bertz CT molecular complexity index is 971. The Balaban J connectivity index is 2.14. The van der Waals surface area contributed by atoms with Crippen LogP contribution in [-0.4, -0.2) is 52.5 Å². The number of hydrogen-bond donors (Lipinski definition) is 2. The Kier molecular flexibility index (Phi) is 9.23. The van der Waals surface area contributed by atoms with Crippen molar-refractivity contribution >= 4 is 15.9 Å². The van der Waals surface area contributed by atoms with Gasteiger partial charge in [0.25, 0.3) is 5.91 Å². The van der Waals surface area contributed by atoms with Crippen molar-refractivity contribution in [3.05, 3.63) is 72.3 Å². The summed E-state index contributed by atoms with van der Waals surface area (Å²) in [5, 5.41) is 2.98. The molecule has 7 nitrogen and oxygen atoms in total. The lowest BCUT2D eigenvalue weighted by atomic mass is 10.0. The fourth-order valence-electron chi connectivity index (χ4n) is 3.30. The van der Waals surface area contributed by atoms with E-state index in [0.717, 1.165) is 24.4 Å². The Morgan fingerprint density at radius 3 is 2.42 bits per heavy atom. The van der Waals surface area contributed by atoms with Gasteiger partial charge in [-0.3, -0.25) is 9.69 Å². The van der Waals surface area contributed by atoms with E-state index in [1.807, 2.05) is 24.3 Å². The van der Waals surface area contributed by atoms with Crippen LogP contribution < -0.4 is 14.8 Å². The minimum absolute atomic E-state index is 0.0168. The SMILES string of the molecule is C=CCNS(=O)(=O)c1ccc(C(=O)NCC(c2cccc(OC)c2)N(CC)CC)cc1. The molecule has 2 rings (SSSR count). The zero-order valence-electron chi connectivity index (χ0n) is 18.3. The molecule has 2 aromatic rings. The fourth-order valence-corrected chi connectivity index (χ4v) is 4.30. The van der Waals surface area contributed by atoms with Gasteiger partial charge < -0.3 is 10.1 Å². The first-order valence-electron chi connectivity index (χ1n) is 10.2. The highest BCUT2D eigenvalue weighted by molar-refractivity contribution is 7.89. The van der Waals surface area contributed by atoms with Crippen molar-refractivity contribution in [1.29, 1.82) is 0 Å². The Hall–Kier alpha value is -2.68. The number of carbonyl (C=O) groups excluding carboxylic acids is 1. The summed E-state index contributed by atoms with van der Waals surface area (Å²) < 4.78 is 32.1. The molecule has 1 atom stereocenters. The van der Waals surface area contributed by atoms with Crippen molar-refractivity contribution in [2.45, 2.75) is 24.8 Å². The van der Waals surface area contributed by atoms with Gasteiger partial charge in [-0.15, -0.1) is 6.58 Å². The molecular formula is C23H31N3O4S. The van der Waals surface area contributed by atoms with Crippen LogP contribution in [0.1, 0.15) is 35.8 Å². The third kappa shape index (κ3) is 6.65. The number of methoxy groups -OCH3 is 1. The van der Waals surface area contributed by atoms with Crippen LogP contribution in [0.15, 0.2) is 66.1 Å². The van der Waals surface area contributed by atoms with Gasteiger partial charge in [-0.1, -0.05) is 32.1 Å². The van der Waals surface area contributed by atoms with Crippen molar-refractivity contribution in [3.63, 3.8) is 0 Å². The van der Waals surface area contributed by atoms with Crippen molar-refractivity contribution in [3.8, 4) is 5.75 Å². The van der Waals surface area contributed by atoms with Gasteiger partial charge in [-0.25, -0.2) is 13.1 Å². The minimum atomic E-state index is -3.62. The van der Waals surface area contributed by atoms with E-state index in [4.69, 9.17) is 4.74 Å². The quantitative estimate of drug-likeness (QED) is 0.491. The number of hydrogen-bond acceptors (Lipinski definition) is 5. The summed E-state index contributed by atoms with van der Waals surface area (Å²) in [5.74, 6) is 0.505. The van der Waals surface area contributed by atoms with Crippen LogP contribution in [0, 0.1) is 0 Å². The number of rotatable bonds is 12. The molecule has 31 heavy (non-hydrogen) atoms. The summed E-state index contributed by atoms with van der Waals surface area (Å²) >= 11 is 0. The molecule has 0 aliphatic heterocycles. The number of carbonyl (C=O) groups is 1. The average molecular weight is 446 g/mol. The number of benzene rings is 2. The molecule has 0 aromatic heterocycles. The second-order valence-electron chi connectivity index (χ2n) is 6.89. The molecule has 0 aliphatic carbocycles. The third-order valence-electron chi connectivity index (χ3n) is 5.03. The van der Waals surface area contributed by atoms with Crippen molar-refractivity contribution in [2.75, 3.05) is 33.3 Å². The summed E-state index contributed by atoms with van der Waals surface area (Å²) in [5.41, 5.74) is 1.45. The predicted octanol–water partition coefficient (Wildman–Crippen LogP) is 2.97. The molecule has 0 aliphatic rings. The van der Waals surface area contributed by atoms with Crippen LogP contribution in [0.3, 0.4) is 0 Å². The molecular weight excluding hydrogens is 414 g/mol. The summed E-state index contributed by atoms with van der Waals surface area (Å²) in [6, 6.07) is 13.7. The molecule has 1 unspecified atom stereocenters. The van der Waals surface area contributed by atoms with E-state index in [0.29, 0.717) is 12.1 Å². The van der Waals surface area contributed by atoms with Gasteiger partial charge in [-0.2, -0.15) is 0 Å². The van der Waals surface area contributed by atoms with E-state index < -0.39 is 10.0 Å². The number of ether oxygens (including phenoxy) is 1.